The zero-order valence-electron chi connectivity index (χ0n) is 12.2. The van der Waals surface area contributed by atoms with E-state index in [0.29, 0.717) is 5.56 Å². The highest BCUT2D eigenvalue weighted by molar-refractivity contribution is 9.10. The van der Waals surface area contributed by atoms with E-state index in [1.165, 1.54) is 11.1 Å². The van der Waals surface area contributed by atoms with Crippen molar-refractivity contribution in [3.63, 3.8) is 0 Å². The van der Waals surface area contributed by atoms with Crippen LogP contribution in [0.25, 0.3) is 0 Å². The first-order valence-electron chi connectivity index (χ1n) is 6.54. The van der Waals surface area contributed by atoms with Crippen LogP contribution in [-0.2, 0) is 0 Å². The third-order valence-corrected chi connectivity index (χ3v) is 4.06. The molecule has 2 aromatic rings. The predicted octanol–water partition coefficient (Wildman–Crippen LogP) is 4.94. The second-order valence-corrected chi connectivity index (χ2v) is 6.05. The summed E-state index contributed by atoms with van der Waals surface area (Å²) in [4.78, 5) is 12.3. The Morgan fingerprint density at radius 1 is 0.950 bits per heavy atom. The zero-order chi connectivity index (χ0) is 14.9. The minimum absolute atomic E-state index is 0.0826. The van der Waals surface area contributed by atoms with Crippen LogP contribution >= 0.6 is 15.9 Å². The van der Waals surface area contributed by atoms with Gasteiger partial charge < -0.3 is 5.32 Å². The fourth-order valence-corrected chi connectivity index (χ4v) is 2.92. The van der Waals surface area contributed by atoms with Crippen molar-refractivity contribution in [3.8, 4) is 0 Å². The van der Waals surface area contributed by atoms with Crippen molar-refractivity contribution in [1.29, 1.82) is 0 Å². The largest absolute Gasteiger partial charge is 0.321 e. The Balaban J connectivity index is 2.30. The number of anilines is 1. The fraction of sp³-hybridized carbons (Fsp3) is 0.235. The fourth-order valence-electron chi connectivity index (χ4n) is 2.14. The number of carbonyl (C=O) groups excluding carboxylic acids is 1. The first-order valence-corrected chi connectivity index (χ1v) is 7.33. The summed E-state index contributed by atoms with van der Waals surface area (Å²) in [6, 6.07) is 9.81. The number of aryl methyl sites for hydroxylation is 4. The number of rotatable bonds is 2. The van der Waals surface area contributed by atoms with E-state index in [9.17, 15) is 4.79 Å². The molecule has 20 heavy (non-hydrogen) atoms. The third-order valence-electron chi connectivity index (χ3n) is 3.44. The van der Waals surface area contributed by atoms with Crippen LogP contribution in [0.5, 0.6) is 0 Å². The Morgan fingerprint density at radius 2 is 1.65 bits per heavy atom. The highest BCUT2D eigenvalue weighted by Crippen LogP contribution is 2.28. The summed E-state index contributed by atoms with van der Waals surface area (Å²) in [5.74, 6) is -0.0826. The molecule has 3 heteroatoms. The number of carbonyl (C=O) groups is 1. The standard InChI is InChI=1S/C17H18BrNO/c1-10-7-13(4)16(15(18)8-10)19-17(20)14-6-5-11(2)12(3)9-14/h5-9H,1-4H3,(H,19,20). The van der Waals surface area contributed by atoms with Gasteiger partial charge in [-0.3, -0.25) is 4.79 Å². The molecule has 0 radical (unpaired) electrons. The smallest absolute Gasteiger partial charge is 0.255 e. The molecular formula is C17H18BrNO. The highest BCUT2D eigenvalue weighted by atomic mass is 79.9. The lowest BCUT2D eigenvalue weighted by atomic mass is 10.1. The Bertz CT molecular complexity index is 654. The van der Waals surface area contributed by atoms with E-state index in [2.05, 4.69) is 27.3 Å². The van der Waals surface area contributed by atoms with Crippen molar-refractivity contribution in [2.75, 3.05) is 5.32 Å². The molecule has 104 valence electrons. The van der Waals surface area contributed by atoms with Crippen LogP contribution < -0.4 is 5.32 Å². The van der Waals surface area contributed by atoms with Gasteiger partial charge in [0, 0.05) is 10.0 Å². The summed E-state index contributed by atoms with van der Waals surface area (Å²) in [5, 5.41) is 2.98. The van der Waals surface area contributed by atoms with Crippen molar-refractivity contribution in [1.82, 2.24) is 0 Å². The van der Waals surface area contributed by atoms with E-state index in [4.69, 9.17) is 0 Å². The van der Waals surface area contributed by atoms with Gasteiger partial charge in [0.15, 0.2) is 0 Å². The second kappa shape index (κ2) is 5.80. The Kier molecular flexibility index (Phi) is 4.29. The number of amides is 1. The minimum atomic E-state index is -0.0826. The molecule has 0 bridgehead atoms. The van der Waals surface area contributed by atoms with Gasteiger partial charge in [-0.2, -0.15) is 0 Å². The van der Waals surface area contributed by atoms with E-state index >= 15 is 0 Å². The molecule has 2 nitrogen and oxygen atoms in total. The number of halogens is 1. The van der Waals surface area contributed by atoms with Crippen molar-refractivity contribution in [2.45, 2.75) is 27.7 Å². The SMILES string of the molecule is Cc1cc(C)c(NC(=O)c2ccc(C)c(C)c2)c(Br)c1. The van der Waals surface area contributed by atoms with Gasteiger partial charge in [-0.05, 0) is 84.1 Å². The van der Waals surface area contributed by atoms with Crippen molar-refractivity contribution < 1.29 is 4.79 Å². The number of nitrogens with one attached hydrogen (secondary N) is 1. The average molecular weight is 332 g/mol. The summed E-state index contributed by atoms with van der Waals surface area (Å²) < 4.78 is 0.909. The lowest BCUT2D eigenvalue weighted by Gasteiger charge is -2.12. The Hall–Kier alpha value is -1.61. The van der Waals surface area contributed by atoms with E-state index in [1.54, 1.807) is 0 Å². The average Bonchev–Trinajstić information content (AvgIpc) is 2.36. The molecular weight excluding hydrogens is 314 g/mol. The molecule has 0 saturated carbocycles. The molecule has 0 atom stereocenters. The Labute approximate surface area is 128 Å². The van der Waals surface area contributed by atoms with E-state index < -0.39 is 0 Å². The van der Waals surface area contributed by atoms with Crippen LogP contribution in [0.1, 0.15) is 32.6 Å². The molecule has 1 N–H and O–H groups in total. The van der Waals surface area contributed by atoms with E-state index in [-0.39, 0.29) is 5.91 Å². The highest BCUT2D eigenvalue weighted by Gasteiger charge is 2.11. The van der Waals surface area contributed by atoms with Crippen LogP contribution in [-0.4, -0.2) is 5.91 Å². The molecule has 0 spiro atoms. The summed E-state index contributed by atoms with van der Waals surface area (Å²) in [7, 11) is 0. The normalized spacial score (nSPS) is 10.4. The maximum absolute atomic E-state index is 12.3. The molecule has 0 aliphatic heterocycles. The maximum Gasteiger partial charge on any atom is 0.255 e. The summed E-state index contributed by atoms with van der Waals surface area (Å²) in [6.07, 6.45) is 0. The third kappa shape index (κ3) is 3.10. The molecule has 0 aromatic heterocycles. The van der Waals surface area contributed by atoms with Crippen LogP contribution in [0.15, 0.2) is 34.8 Å². The molecule has 0 unspecified atom stereocenters. The van der Waals surface area contributed by atoms with Crippen LogP contribution in [0.3, 0.4) is 0 Å². The molecule has 0 fully saturated rings. The lowest BCUT2D eigenvalue weighted by Crippen LogP contribution is -2.13. The van der Waals surface area contributed by atoms with Gasteiger partial charge in [0.2, 0.25) is 0 Å². The Morgan fingerprint density at radius 3 is 2.25 bits per heavy atom. The molecule has 0 heterocycles. The first-order chi connectivity index (χ1) is 9.38. The molecule has 2 rings (SSSR count). The van der Waals surface area contributed by atoms with Crippen molar-refractivity contribution >= 4 is 27.5 Å². The first kappa shape index (κ1) is 14.8. The van der Waals surface area contributed by atoms with Gasteiger partial charge in [-0.25, -0.2) is 0 Å². The topological polar surface area (TPSA) is 29.1 Å². The van der Waals surface area contributed by atoms with Crippen molar-refractivity contribution in [2.24, 2.45) is 0 Å². The van der Waals surface area contributed by atoms with Gasteiger partial charge in [-0.1, -0.05) is 12.1 Å². The molecule has 2 aromatic carbocycles. The summed E-state index contributed by atoms with van der Waals surface area (Å²) in [6.45, 7) is 8.08. The zero-order valence-corrected chi connectivity index (χ0v) is 13.8. The quantitative estimate of drug-likeness (QED) is 0.830. The molecule has 0 saturated heterocycles. The maximum atomic E-state index is 12.3. The monoisotopic (exact) mass is 331 g/mol. The van der Waals surface area contributed by atoms with Gasteiger partial charge in [0.1, 0.15) is 0 Å². The predicted molar refractivity (Wildman–Crippen MR) is 87.5 cm³/mol. The summed E-state index contributed by atoms with van der Waals surface area (Å²) in [5.41, 5.74) is 6.04. The van der Waals surface area contributed by atoms with Gasteiger partial charge in [0.05, 0.1) is 5.69 Å². The van der Waals surface area contributed by atoms with Crippen molar-refractivity contribution in [3.05, 3.63) is 62.6 Å². The molecule has 1 amide bonds. The van der Waals surface area contributed by atoms with Crippen LogP contribution in [0.4, 0.5) is 5.69 Å². The number of hydrogen-bond donors (Lipinski definition) is 1. The minimum Gasteiger partial charge on any atom is -0.321 e. The second-order valence-electron chi connectivity index (χ2n) is 5.19. The van der Waals surface area contributed by atoms with Crippen LogP contribution in [0.2, 0.25) is 0 Å². The van der Waals surface area contributed by atoms with Gasteiger partial charge in [0.25, 0.3) is 5.91 Å². The molecule has 0 aliphatic rings. The van der Waals surface area contributed by atoms with Crippen LogP contribution in [0, 0.1) is 27.7 Å². The summed E-state index contributed by atoms with van der Waals surface area (Å²) >= 11 is 3.51. The number of benzene rings is 2. The van der Waals surface area contributed by atoms with E-state index in [0.717, 1.165) is 21.3 Å². The lowest BCUT2D eigenvalue weighted by molar-refractivity contribution is 0.102. The number of hydrogen-bond acceptors (Lipinski definition) is 1. The van der Waals surface area contributed by atoms with Gasteiger partial charge in [-0.15, -0.1) is 0 Å². The molecule has 0 aliphatic carbocycles. The van der Waals surface area contributed by atoms with E-state index in [1.807, 2.05) is 52.0 Å². The van der Waals surface area contributed by atoms with Gasteiger partial charge >= 0.3 is 0 Å².